The molecule has 0 amide bonds. The fraction of sp³-hybridized carbons (Fsp3) is 0.667. The first-order chi connectivity index (χ1) is 6.27. The third-order valence-electron chi connectivity index (χ3n) is 0.605. The van der Waals surface area contributed by atoms with E-state index in [9.17, 15) is 9.59 Å². The van der Waals surface area contributed by atoms with Crippen molar-refractivity contribution in [3.05, 3.63) is 0 Å². The predicted molar refractivity (Wildman–Crippen MR) is 49.4 cm³/mol. The monoisotopic (exact) mass is 218 g/mol. The Morgan fingerprint density at radius 2 is 1.07 bits per heavy atom. The van der Waals surface area contributed by atoms with Gasteiger partial charge in [-0.1, -0.05) is 13.8 Å². The van der Waals surface area contributed by atoms with Crippen LogP contribution in [0.3, 0.4) is 0 Å². The van der Waals surface area contributed by atoms with Crippen LogP contribution in [-0.2, 0) is 9.59 Å². The molecule has 86 valence electrons. The van der Waals surface area contributed by atoms with E-state index in [0.29, 0.717) is 0 Å². The molecule has 15 heavy (non-hydrogen) atoms. The van der Waals surface area contributed by atoms with Gasteiger partial charge in [-0.05, 0) is 0 Å². The van der Waals surface area contributed by atoms with Gasteiger partial charge < -0.3 is 26.7 Å². The van der Waals surface area contributed by atoms with E-state index in [1.807, 2.05) is 0 Å². The SMILES string of the molecule is CCC(=O)O.CCC(=O)O.OB(O)O.[H-].[Li+]. The molecule has 0 aliphatic carbocycles. The first kappa shape index (κ1) is 24.0. The molecule has 0 rings (SSSR count). The number of hydrogen-bond acceptors (Lipinski definition) is 5. The van der Waals surface area contributed by atoms with Crippen LogP contribution in [0.1, 0.15) is 28.1 Å². The van der Waals surface area contributed by atoms with Crippen LogP contribution in [0.25, 0.3) is 0 Å². The molecule has 9 heteroatoms. The van der Waals surface area contributed by atoms with Crippen molar-refractivity contribution in [2.75, 3.05) is 0 Å². The summed E-state index contributed by atoms with van der Waals surface area (Å²) >= 11 is 0. The van der Waals surface area contributed by atoms with Gasteiger partial charge in [0.15, 0.2) is 0 Å². The van der Waals surface area contributed by atoms with E-state index in [0.717, 1.165) is 0 Å². The second-order valence-electron chi connectivity index (χ2n) is 1.84. The average molecular weight is 218 g/mol. The first-order valence-corrected chi connectivity index (χ1v) is 3.75. The van der Waals surface area contributed by atoms with E-state index in [1.165, 1.54) is 0 Å². The Kier molecular flexibility index (Phi) is 30.5. The molecular formula is C6H16BLiO7. The van der Waals surface area contributed by atoms with Gasteiger partial charge in [-0.3, -0.25) is 9.59 Å². The van der Waals surface area contributed by atoms with E-state index in [2.05, 4.69) is 0 Å². The van der Waals surface area contributed by atoms with E-state index in [1.54, 1.807) is 13.8 Å². The van der Waals surface area contributed by atoms with Crippen molar-refractivity contribution in [1.29, 1.82) is 0 Å². The minimum atomic E-state index is -2.17. The Bertz CT molecular complexity index is 141. The Labute approximate surface area is 102 Å². The standard InChI is InChI=1S/2C3H6O2.BH3O3.Li.H/c2*1-2-3(4)5;2-1(3)4;;/h2*2H2,1H3,(H,4,5);2-4H;;/q;;;+1;-1. The maximum atomic E-state index is 9.37. The van der Waals surface area contributed by atoms with Crippen LogP contribution in [0, 0.1) is 0 Å². The summed E-state index contributed by atoms with van der Waals surface area (Å²) < 4.78 is 0. The molecule has 0 fully saturated rings. The van der Waals surface area contributed by atoms with Crippen LogP contribution in [-0.4, -0.2) is 44.5 Å². The number of carbonyl (C=O) groups is 2. The Balaban J connectivity index is -0.0000000358. The van der Waals surface area contributed by atoms with Crippen LogP contribution in [0.5, 0.6) is 0 Å². The van der Waals surface area contributed by atoms with Gasteiger partial charge in [0.1, 0.15) is 0 Å². The summed E-state index contributed by atoms with van der Waals surface area (Å²) in [7, 11) is -2.17. The number of carboxylic acids is 2. The summed E-state index contributed by atoms with van der Waals surface area (Å²) in [6.07, 6.45) is 0.444. The van der Waals surface area contributed by atoms with Crippen molar-refractivity contribution < 1.29 is 55.2 Å². The summed E-state index contributed by atoms with van der Waals surface area (Å²) in [4.78, 5) is 18.7. The zero-order valence-corrected chi connectivity index (χ0v) is 9.04. The average Bonchev–Trinajstić information content (AvgIpc) is 2.04. The minimum Gasteiger partial charge on any atom is -1.00 e. The van der Waals surface area contributed by atoms with Crippen molar-refractivity contribution in [2.24, 2.45) is 0 Å². The molecular weight excluding hydrogens is 202 g/mol. The fourth-order valence-electron chi connectivity index (χ4n) is 0. The molecule has 0 unspecified atom stereocenters. The van der Waals surface area contributed by atoms with Crippen LogP contribution < -0.4 is 18.9 Å². The maximum Gasteiger partial charge on any atom is 1.00 e. The molecule has 5 N–H and O–H groups in total. The first-order valence-electron chi connectivity index (χ1n) is 3.75. The Morgan fingerprint density at radius 3 is 1.07 bits per heavy atom. The van der Waals surface area contributed by atoms with Gasteiger partial charge >= 0.3 is 38.1 Å². The largest absolute Gasteiger partial charge is 1.00 e. The van der Waals surface area contributed by atoms with Crippen molar-refractivity contribution in [3.63, 3.8) is 0 Å². The van der Waals surface area contributed by atoms with Crippen molar-refractivity contribution in [2.45, 2.75) is 26.7 Å². The summed E-state index contributed by atoms with van der Waals surface area (Å²) in [5.74, 6) is -1.49. The van der Waals surface area contributed by atoms with Gasteiger partial charge in [0.2, 0.25) is 0 Å². The summed E-state index contributed by atoms with van der Waals surface area (Å²) in [5, 5.41) is 36.9. The molecule has 0 saturated carbocycles. The second-order valence-corrected chi connectivity index (χ2v) is 1.84. The molecule has 0 aliphatic rings. The molecule has 7 nitrogen and oxygen atoms in total. The zero-order valence-electron chi connectivity index (χ0n) is 10.0. The van der Waals surface area contributed by atoms with Crippen molar-refractivity contribution in [1.82, 2.24) is 0 Å². The molecule has 0 aliphatic heterocycles. The van der Waals surface area contributed by atoms with Crippen LogP contribution in [0.15, 0.2) is 0 Å². The van der Waals surface area contributed by atoms with Gasteiger partial charge in [-0.2, -0.15) is 0 Å². The molecule has 0 spiro atoms. The normalized spacial score (nSPS) is 6.73. The number of aliphatic carboxylic acids is 2. The molecule has 0 atom stereocenters. The van der Waals surface area contributed by atoms with Gasteiger partial charge in [0, 0.05) is 12.8 Å². The predicted octanol–water partition coefficient (Wildman–Crippen LogP) is -3.97. The molecule has 0 heterocycles. The topological polar surface area (TPSA) is 135 Å². The number of carboxylic acid groups (broad SMARTS) is 2. The smallest absolute Gasteiger partial charge is 1.00 e. The Morgan fingerprint density at radius 1 is 1.00 bits per heavy atom. The second kappa shape index (κ2) is 19.1. The van der Waals surface area contributed by atoms with E-state index in [-0.39, 0.29) is 33.1 Å². The third kappa shape index (κ3) is 147. The molecule has 0 aromatic rings. The summed E-state index contributed by atoms with van der Waals surface area (Å²) in [6.45, 7) is 3.20. The molecule has 0 saturated heterocycles. The summed E-state index contributed by atoms with van der Waals surface area (Å²) in [6, 6.07) is 0. The third-order valence-corrected chi connectivity index (χ3v) is 0.605. The quantitative estimate of drug-likeness (QED) is 0.298. The molecule has 0 aromatic heterocycles. The van der Waals surface area contributed by atoms with E-state index < -0.39 is 19.3 Å². The van der Waals surface area contributed by atoms with Gasteiger partial charge in [0.25, 0.3) is 0 Å². The molecule has 0 bridgehead atoms. The van der Waals surface area contributed by atoms with Gasteiger partial charge in [-0.15, -0.1) is 0 Å². The fourth-order valence-corrected chi connectivity index (χ4v) is 0. The summed E-state index contributed by atoms with van der Waals surface area (Å²) in [5.41, 5.74) is 0. The van der Waals surface area contributed by atoms with E-state index in [4.69, 9.17) is 25.3 Å². The zero-order chi connectivity index (χ0) is 12.1. The molecule has 0 radical (unpaired) electrons. The van der Waals surface area contributed by atoms with Crippen LogP contribution >= 0.6 is 0 Å². The maximum absolute atomic E-state index is 9.37. The van der Waals surface area contributed by atoms with E-state index >= 15 is 0 Å². The molecule has 0 aromatic carbocycles. The van der Waals surface area contributed by atoms with Gasteiger partial charge in [-0.25, -0.2) is 0 Å². The van der Waals surface area contributed by atoms with Crippen LogP contribution in [0.2, 0.25) is 0 Å². The minimum absolute atomic E-state index is 0. The Hall–Kier alpha value is -0.518. The van der Waals surface area contributed by atoms with Gasteiger partial charge in [0.05, 0.1) is 0 Å². The number of rotatable bonds is 2. The van der Waals surface area contributed by atoms with Crippen molar-refractivity contribution >= 4 is 19.3 Å². The van der Waals surface area contributed by atoms with Crippen molar-refractivity contribution in [3.8, 4) is 0 Å². The number of hydrogen-bond donors (Lipinski definition) is 5. The van der Waals surface area contributed by atoms with Crippen LogP contribution in [0.4, 0.5) is 0 Å².